The van der Waals surface area contributed by atoms with Crippen LogP contribution in [0, 0.1) is 5.92 Å². The van der Waals surface area contributed by atoms with Crippen molar-refractivity contribution in [2.75, 3.05) is 13.1 Å². The molecule has 0 saturated carbocycles. The van der Waals surface area contributed by atoms with Crippen LogP contribution in [-0.4, -0.2) is 47.0 Å². The first kappa shape index (κ1) is 15.3. The summed E-state index contributed by atoms with van der Waals surface area (Å²) in [7, 11) is 0. The zero-order valence-corrected chi connectivity index (χ0v) is 11.1. The summed E-state index contributed by atoms with van der Waals surface area (Å²) in [6.45, 7) is 2.80. The standard InChI is InChI=1S/C12H21N3O4/c1-8(4-5-10(16)17)7-14-12(19)15-6-2-3-9(15)11(13)18/h8-9H,2-7H2,1H3,(H2,13,18)(H,14,19)(H,16,17). The van der Waals surface area contributed by atoms with E-state index in [9.17, 15) is 14.4 Å². The summed E-state index contributed by atoms with van der Waals surface area (Å²) in [4.78, 5) is 34.9. The summed E-state index contributed by atoms with van der Waals surface area (Å²) in [5, 5.41) is 11.3. The molecule has 0 aliphatic carbocycles. The number of likely N-dealkylation sites (tertiary alicyclic amines) is 1. The van der Waals surface area contributed by atoms with Crippen molar-refractivity contribution >= 4 is 17.9 Å². The smallest absolute Gasteiger partial charge is 0.318 e. The van der Waals surface area contributed by atoms with Crippen molar-refractivity contribution in [3.63, 3.8) is 0 Å². The molecule has 1 rings (SSSR count). The second-order valence-corrected chi connectivity index (χ2v) is 4.98. The topological polar surface area (TPSA) is 113 Å². The fraction of sp³-hybridized carbons (Fsp3) is 0.750. The molecule has 4 N–H and O–H groups in total. The van der Waals surface area contributed by atoms with Crippen LogP contribution >= 0.6 is 0 Å². The lowest BCUT2D eigenvalue weighted by molar-refractivity contribution is -0.137. The van der Waals surface area contributed by atoms with Crippen molar-refractivity contribution in [2.24, 2.45) is 11.7 Å². The van der Waals surface area contributed by atoms with E-state index in [1.165, 1.54) is 4.90 Å². The van der Waals surface area contributed by atoms with E-state index < -0.39 is 17.9 Å². The molecule has 7 nitrogen and oxygen atoms in total. The second-order valence-electron chi connectivity index (χ2n) is 4.98. The molecule has 1 saturated heterocycles. The lowest BCUT2D eigenvalue weighted by atomic mass is 10.1. The molecule has 7 heteroatoms. The van der Waals surface area contributed by atoms with E-state index in [-0.39, 0.29) is 18.4 Å². The number of carbonyl (C=O) groups is 3. The predicted octanol–water partition coefficient (Wildman–Crippen LogP) is 0.147. The van der Waals surface area contributed by atoms with Crippen molar-refractivity contribution in [1.82, 2.24) is 10.2 Å². The van der Waals surface area contributed by atoms with E-state index in [4.69, 9.17) is 10.8 Å². The van der Waals surface area contributed by atoms with Gasteiger partial charge in [0.2, 0.25) is 5.91 Å². The number of hydrogen-bond donors (Lipinski definition) is 3. The summed E-state index contributed by atoms with van der Waals surface area (Å²) in [6, 6.07) is -0.821. The number of carboxylic acids is 1. The van der Waals surface area contributed by atoms with E-state index in [0.717, 1.165) is 6.42 Å². The van der Waals surface area contributed by atoms with Gasteiger partial charge in [0.15, 0.2) is 0 Å². The Bertz CT molecular complexity index is 359. The number of primary amides is 1. The first-order chi connectivity index (χ1) is 8.91. The van der Waals surface area contributed by atoms with Gasteiger partial charge in [0, 0.05) is 19.5 Å². The lowest BCUT2D eigenvalue weighted by Gasteiger charge is -2.23. The highest BCUT2D eigenvalue weighted by Gasteiger charge is 2.32. The van der Waals surface area contributed by atoms with Crippen LogP contribution in [0.3, 0.4) is 0 Å². The molecule has 0 aromatic carbocycles. The van der Waals surface area contributed by atoms with Crippen LogP contribution < -0.4 is 11.1 Å². The molecule has 2 atom stereocenters. The molecule has 19 heavy (non-hydrogen) atoms. The molecule has 3 amide bonds. The number of nitrogens with zero attached hydrogens (tertiary/aromatic N) is 1. The van der Waals surface area contributed by atoms with Gasteiger partial charge in [0.1, 0.15) is 6.04 Å². The largest absolute Gasteiger partial charge is 0.481 e. The van der Waals surface area contributed by atoms with E-state index in [0.29, 0.717) is 25.9 Å². The summed E-state index contributed by atoms with van der Waals surface area (Å²) in [5.41, 5.74) is 5.24. The van der Waals surface area contributed by atoms with Gasteiger partial charge in [0.05, 0.1) is 0 Å². The maximum atomic E-state index is 11.9. The molecular formula is C12H21N3O4. The van der Waals surface area contributed by atoms with Crippen molar-refractivity contribution in [3.05, 3.63) is 0 Å². The average Bonchev–Trinajstić information content (AvgIpc) is 2.82. The molecule has 0 spiro atoms. The summed E-state index contributed by atoms with van der Waals surface area (Å²) in [6.07, 6.45) is 1.98. The first-order valence-electron chi connectivity index (χ1n) is 6.47. The fourth-order valence-corrected chi connectivity index (χ4v) is 2.14. The van der Waals surface area contributed by atoms with E-state index >= 15 is 0 Å². The predicted molar refractivity (Wildman–Crippen MR) is 68.4 cm³/mol. The van der Waals surface area contributed by atoms with Gasteiger partial charge in [-0.15, -0.1) is 0 Å². The highest BCUT2D eigenvalue weighted by molar-refractivity contribution is 5.86. The summed E-state index contributed by atoms with van der Waals surface area (Å²) in [5.74, 6) is -1.24. The minimum atomic E-state index is -0.841. The van der Waals surface area contributed by atoms with Crippen LogP contribution in [0.1, 0.15) is 32.6 Å². The SMILES string of the molecule is CC(CCC(=O)O)CNC(=O)N1CCCC1C(N)=O. The number of hydrogen-bond acceptors (Lipinski definition) is 3. The Kier molecular flexibility index (Phi) is 5.59. The zero-order valence-electron chi connectivity index (χ0n) is 11.1. The first-order valence-corrected chi connectivity index (χ1v) is 6.47. The van der Waals surface area contributed by atoms with Crippen molar-refractivity contribution < 1.29 is 19.5 Å². The number of nitrogens with two attached hydrogens (primary N) is 1. The summed E-state index contributed by atoms with van der Waals surface area (Å²) >= 11 is 0. The third-order valence-corrected chi connectivity index (χ3v) is 3.29. The maximum absolute atomic E-state index is 11.9. The molecular weight excluding hydrogens is 250 g/mol. The van der Waals surface area contributed by atoms with Crippen LogP contribution in [-0.2, 0) is 9.59 Å². The Balaban J connectivity index is 2.34. The highest BCUT2D eigenvalue weighted by Crippen LogP contribution is 2.16. The lowest BCUT2D eigenvalue weighted by Crippen LogP contribution is -2.48. The maximum Gasteiger partial charge on any atom is 0.318 e. The summed E-state index contributed by atoms with van der Waals surface area (Å²) < 4.78 is 0. The monoisotopic (exact) mass is 271 g/mol. The average molecular weight is 271 g/mol. The van der Waals surface area contributed by atoms with Gasteiger partial charge in [-0.25, -0.2) is 4.79 Å². The molecule has 0 aromatic heterocycles. The molecule has 0 bridgehead atoms. The van der Waals surface area contributed by atoms with Gasteiger partial charge in [-0.2, -0.15) is 0 Å². The van der Waals surface area contributed by atoms with Crippen molar-refractivity contribution in [3.8, 4) is 0 Å². The second kappa shape index (κ2) is 6.96. The van der Waals surface area contributed by atoms with Gasteiger partial charge in [-0.05, 0) is 25.2 Å². The number of urea groups is 1. The van der Waals surface area contributed by atoms with E-state index in [1.807, 2.05) is 6.92 Å². The van der Waals surface area contributed by atoms with Crippen LogP contribution in [0.2, 0.25) is 0 Å². The Hall–Kier alpha value is -1.79. The van der Waals surface area contributed by atoms with Crippen LogP contribution in [0.25, 0.3) is 0 Å². The van der Waals surface area contributed by atoms with Gasteiger partial charge >= 0.3 is 12.0 Å². The van der Waals surface area contributed by atoms with E-state index in [2.05, 4.69) is 5.32 Å². The zero-order chi connectivity index (χ0) is 14.4. The molecule has 0 aromatic rings. The molecule has 108 valence electrons. The normalized spacial score (nSPS) is 20.1. The van der Waals surface area contributed by atoms with Gasteiger partial charge in [0.25, 0.3) is 0 Å². The Morgan fingerprint density at radius 2 is 2.16 bits per heavy atom. The number of carbonyl (C=O) groups excluding carboxylic acids is 2. The molecule has 1 aliphatic heterocycles. The number of rotatable bonds is 6. The third-order valence-electron chi connectivity index (χ3n) is 3.29. The van der Waals surface area contributed by atoms with Crippen molar-refractivity contribution in [2.45, 2.75) is 38.6 Å². The van der Waals surface area contributed by atoms with Crippen LogP contribution in [0.4, 0.5) is 4.79 Å². The Labute approximate surface area is 112 Å². The number of aliphatic carboxylic acids is 1. The quantitative estimate of drug-likeness (QED) is 0.638. The van der Waals surface area contributed by atoms with E-state index in [1.54, 1.807) is 0 Å². The molecule has 1 heterocycles. The molecule has 1 fully saturated rings. The van der Waals surface area contributed by atoms with Crippen LogP contribution in [0.5, 0.6) is 0 Å². The number of carboxylic acid groups (broad SMARTS) is 1. The highest BCUT2D eigenvalue weighted by atomic mass is 16.4. The number of nitrogens with one attached hydrogen (secondary N) is 1. The van der Waals surface area contributed by atoms with Gasteiger partial charge < -0.3 is 21.1 Å². The minimum Gasteiger partial charge on any atom is -0.481 e. The van der Waals surface area contributed by atoms with Crippen molar-refractivity contribution in [1.29, 1.82) is 0 Å². The molecule has 1 aliphatic rings. The fourth-order valence-electron chi connectivity index (χ4n) is 2.14. The minimum absolute atomic E-state index is 0.0784. The molecule has 2 unspecified atom stereocenters. The van der Waals surface area contributed by atoms with Gasteiger partial charge in [-0.1, -0.05) is 6.92 Å². The number of amides is 3. The Morgan fingerprint density at radius 3 is 2.74 bits per heavy atom. The Morgan fingerprint density at radius 1 is 1.47 bits per heavy atom. The van der Waals surface area contributed by atoms with Gasteiger partial charge in [-0.3, -0.25) is 9.59 Å². The van der Waals surface area contributed by atoms with Crippen LogP contribution in [0.15, 0.2) is 0 Å². The third kappa shape index (κ3) is 4.76. The molecule has 0 radical (unpaired) electrons.